The van der Waals surface area contributed by atoms with E-state index in [1.165, 1.54) is 57.6 Å². The van der Waals surface area contributed by atoms with Gasteiger partial charge < -0.3 is 39.8 Å². The number of carbonyl (C=O) groups excluding carboxylic acids is 1. The van der Waals surface area contributed by atoms with E-state index in [9.17, 15) is 22.4 Å². The van der Waals surface area contributed by atoms with Crippen LogP contribution < -0.4 is 16.2 Å². The first-order chi connectivity index (χ1) is 65.0. The maximum absolute atomic E-state index is 14.8. The van der Waals surface area contributed by atoms with Crippen LogP contribution in [-0.2, 0) is 60.7 Å². The van der Waals surface area contributed by atoms with Crippen molar-refractivity contribution < 1.29 is 72.5 Å². The monoisotopic (exact) mass is 2140 g/mol. The van der Waals surface area contributed by atoms with Gasteiger partial charge in [0.1, 0.15) is 23.3 Å². The van der Waals surface area contributed by atoms with Crippen molar-refractivity contribution in [2.75, 3.05) is 10.3 Å². The number of hydrazine groups is 1. The van der Waals surface area contributed by atoms with Crippen molar-refractivity contribution in [3.63, 3.8) is 0 Å². The number of halogens is 8. The van der Waals surface area contributed by atoms with Crippen molar-refractivity contribution in [2.45, 2.75) is 53.9 Å². The molecule has 19 aromatic rings. The number of aromatic amines is 1. The number of nitrogens with two attached hydrogens (primary N) is 1. The largest absolute Gasteiger partial charge is 0.481 e. The summed E-state index contributed by atoms with van der Waals surface area (Å²) in [5.41, 5.74) is 31.4. The van der Waals surface area contributed by atoms with Gasteiger partial charge in [0.05, 0.1) is 17.1 Å². The summed E-state index contributed by atoms with van der Waals surface area (Å²) < 4.78 is 62.0. The maximum Gasteiger partial charge on any atom is 0.300 e. The fraction of sp³-hybridized carbons (Fsp3) is 0.0862. The summed E-state index contributed by atoms with van der Waals surface area (Å²) in [6.07, 6.45) is 0.456. The number of hydrogen-bond donors (Lipinski definition) is 6. The van der Waals surface area contributed by atoms with E-state index in [1.807, 2.05) is 153 Å². The Hall–Kier alpha value is -14.1. The molecule has 0 saturated carbocycles. The van der Waals surface area contributed by atoms with E-state index < -0.39 is 17.9 Å². The van der Waals surface area contributed by atoms with Gasteiger partial charge in [0.15, 0.2) is 5.78 Å². The Morgan fingerprint density at radius 2 is 0.717 bits per heavy atom. The third-order valence-corrected chi connectivity index (χ3v) is 23.9. The van der Waals surface area contributed by atoms with Crippen molar-refractivity contribution in [1.82, 2.24) is 14.1 Å². The molecule has 16 aromatic carbocycles. The number of benzene rings is 16. The number of hydrogen-bond acceptors (Lipinski definition) is 7. The molecule has 22 heteroatoms. The Morgan fingerprint density at radius 1 is 0.377 bits per heavy atom. The number of anilines is 4. The summed E-state index contributed by atoms with van der Waals surface area (Å²) in [6.45, 7) is 7.90. The molecule has 13 nitrogen and oxygen atoms in total. The smallest absolute Gasteiger partial charge is 0.300 e. The molecule has 0 saturated heterocycles. The van der Waals surface area contributed by atoms with Crippen molar-refractivity contribution in [3.8, 4) is 89.4 Å². The number of nitrogen functional groups attached to an aromatic ring is 1. The van der Waals surface area contributed by atoms with Gasteiger partial charge in [-0.3, -0.25) is 25.0 Å². The van der Waals surface area contributed by atoms with Gasteiger partial charge >= 0.3 is 0 Å². The van der Waals surface area contributed by atoms with Crippen molar-refractivity contribution >= 4 is 139 Å². The van der Waals surface area contributed by atoms with E-state index in [0.29, 0.717) is 12.1 Å². The zero-order valence-electron chi connectivity index (χ0n) is 75.5. The molecular weight excluding hydrogens is 2050 g/mol. The molecule has 138 heavy (non-hydrogen) atoms. The molecule has 0 fully saturated rings. The minimum atomic E-state index is -0.833. The average Bonchev–Trinajstić information content (AvgIpc) is 1.54. The van der Waals surface area contributed by atoms with Crippen molar-refractivity contribution in [2.24, 2.45) is 19.9 Å². The van der Waals surface area contributed by atoms with Gasteiger partial charge in [-0.05, 0) is 224 Å². The van der Waals surface area contributed by atoms with Crippen LogP contribution in [0.1, 0.15) is 69.1 Å². The van der Waals surface area contributed by atoms with Gasteiger partial charge in [-0.15, -0.1) is 12.4 Å². The number of carboxylic acids is 3. The first-order valence-corrected chi connectivity index (χ1v) is 45.4. The van der Waals surface area contributed by atoms with Crippen LogP contribution in [0.4, 0.5) is 40.3 Å². The molecule has 1 aliphatic rings. The number of aryl methyl sites for hydroxylation is 2. The van der Waals surface area contributed by atoms with Crippen molar-refractivity contribution in [3.05, 3.63) is 453 Å². The third-order valence-electron chi connectivity index (χ3n) is 22.4. The molecule has 20 rings (SSSR count). The van der Waals surface area contributed by atoms with Gasteiger partial charge in [0.25, 0.3) is 17.9 Å². The number of nitrogens with zero attached hydrogens (tertiary/aromatic N) is 3. The van der Waals surface area contributed by atoms with E-state index >= 15 is 0 Å². The molecular formula is C116H100Br3ClF4N6O7Pd. The van der Waals surface area contributed by atoms with Gasteiger partial charge in [-0.2, -0.15) is 0 Å². The Morgan fingerprint density at radius 3 is 1.16 bits per heavy atom. The zero-order valence-corrected chi connectivity index (χ0v) is 82.6. The van der Waals surface area contributed by atoms with Crippen LogP contribution in [0.5, 0.6) is 0 Å². The number of Topliss-reactive ketones (excluding diaryl/α,β-unsaturated/α-hetero) is 1. The van der Waals surface area contributed by atoms with Crippen LogP contribution in [-0.4, -0.2) is 53.1 Å². The van der Waals surface area contributed by atoms with Gasteiger partial charge in [0.2, 0.25) is 0 Å². The summed E-state index contributed by atoms with van der Waals surface area (Å²) in [4.78, 5) is 44.7. The second-order valence-electron chi connectivity index (χ2n) is 32.1. The molecule has 0 amide bonds. The Bertz CT molecular complexity index is 7280. The van der Waals surface area contributed by atoms with Crippen LogP contribution >= 0.6 is 60.2 Å². The van der Waals surface area contributed by atoms with Gasteiger partial charge in [-0.25, -0.2) is 17.6 Å². The molecule has 7 N–H and O–H groups in total. The van der Waals surface area contributed by atoms with Gasteiger partial charge in [0, 0.05) is 158 Å². The fourth-order valence-electron chi connectivity index (χ4n) is 16.4. The molecule has 0 radical (unpaired) electrons. The molecule has 0 bridgehead atoms. The topological polar surface area (TPSA) is 196 Å². The predicted octanol–water partition coefficient (Wildman–Crippen LogP) is 32.2. The molecule has 0 atom stereocenters. The minimum absolute atomic E-state index is 0. The van der Waals surface area contributed by atoms with Crippen LogP contribution in [0.2, 0.25) is 0 Å². The first kappa shape index (κ1) is 106. The number of rotatable bonds is 14. The maximum atomic E-state index is 14.8. The summed E-state index contributed by atoms with van der Waals surface area (Å²) in [6, 6.07) is 129. The number of H-pyrrole nitrogens is 1. The normalized spacial score (nSPS) is 10.8. The van der Waals surface area contributed by atoms with Gasteiger partial charge in [-0.1, -0.05) is 312 Å². The van der Waals surface area contributed by atoms with Crippen LogP contribution in [0.25, 0.3) is 122 Å². The number of nitrogens with one attached hydrogen (secondary N) is 2. The molecule has 3 aromatic heterocycles. The van der Waals surface area contributed by atoms with E-state index in [0.717, 1.165) is 162 Å². The summed E-state index contributed by atoms with van der Waals surface area (Å²) >= 11 is 10.3. The van der Waals surface area contributed by atoms with E-state index in [1.54, 1.807) is 42.5 Å². The number of fused-ring (bicyclic) bond motifs is 6. The number of aliphatic carboxylic acids is 3. The van der Waals surface area contributed by atoms with Crippen LogP contribution in [0.15, 0.2) is 408 Å². The Balaban J connectivity index is 0.000000189. The Kier molecular flexibility index (Phi) is 38.1. The second-order valence-corrected chi connectivity index (χ2v) is 34.8. The SMILES string of the molecule is C.CC(=O)O.CC(=O)O.CC(=O)O.Cl.Cn1c(-c2ccccc2)c(-c2ccc(Br)cc2)c2cc(F)ccc21.Cn1c(-c2ccccc2)c(-c2ccc(N(c3ccc(-c4ccccc4)cc3)c3ccc4c(c3)C(C)(C)c3ccccc3-4)cc2)c2cc(F)ccc21.Fc1ccc2[nH]c(-c3ccccc3)c(-c3ccc(Br)cc3)c2c1.NNc1ccc(F)cc1.O=C(Cc1ccc(Br)cc1)c1ccccc1.[Pd]. The summed E-state index contributed by atoms with van der Waals surface area (Å²) in [5, 5.41) is 25.0. The number of ketones is 1. The predicted molar refractivity (Wildman–Crippen MR) is 566 cm³/mol. The average molecular weight is 2150 g/mol. The van der Waals surface area contributed by atoms with Crippen LogP contribution in [0.3, 0.4) is 0 Å². The Labute approximate surface area is 845 Å². The summed E-state index contributed by atoms with van der Waals surface area (Å²) in [5.74, 6) is 1.74. The second kappa shape index (κ2) is 49.6. The molecule has 702 valence electrons. The number of aromatic nitrogens is 3. The molecule has 0 aliphatic heterocycles. The molecule has 1 aliphatic carbocycles. The first-order valence-electron chi connectivity index (χ1n) is 43.0. The van der Waals surface area contributed by atoms with E-state index in [2.05, 4.69) is 275 Å². The standard InChI is InChI=1S/C48H37FN2.C21H15BrFN.C20H13BrFN.C14H11BrO.C6H7FN2.3C2H4O2.CH4.ClH.Pd/c1-48(2)43-17-11-10-16-40(43)41-28-27-39(31-44(41)48)51(37-23-18-33(19-24-37)32-12-6-4-7-13-32)38-25-20-34(21-26-38)46-42-30-36(49)22-29-45(42)50(3)47(46)35-14-8-5-9-15-35;1-24-19-12-11-17(23)13-18(19)20(14-7-9-16(22)10-8-14)21(24)15-5-3-2-4-6-15;21-15-8-6-13(7-9-15)19-17-12-16(22)10-11-18(17)23-20(19)14-4-2-1-3-5-14;15-13-8-6-11(7-9-13)10-14(16)12-4-2-1-3-5-12;7-5-1-3-6(9-8)4-2-5;3*1-2(3)4;;;/h4-31H,1-3H3;2-13H,1H3;1-12,23H;1-9H,10H2;1-4,9H,8H2;3*1H3,(H,3,4);1H4;1H;. The fourth-order valence-corrected chi connectivity index (χ4v) is 17.1. The summed E-state index contributed by atoms with van der Waals surface area (Å²) in [7, 11) is 4.10. The molecule has 0 unspecified atom stereocenters. The zero-order chi connectivity index (χ0) is 96.0. The number of carboxylic acid groups (broad SMARTS) is 3. The molecule has 0 spiro atoms. The minimum Gasteiger partial charge on any atom is -0.481 e. The quantitative estimate of drug-likeness (QED) is 0.0200. The van der Waals surface area contributed by atoms with E-state index in [-0.39, 0.29) is 74.7 Å². The third kappa shape index (κ3) is 26.6. The van der Waals surface area contributed by atoms with Crippen molar-refractivity contribution in [1.29, 1.82) is 0 Å². The number of carbonyl (C=O) groups is 4. The molecule has 3 heterocycles. The van der Waals surface area contributed by atoms with E-state index in [4.69, 9.17) is 35.5 Å². The van der Waals surface area contributed by atoms with Crippen LogP contribution in [0, 0.1) is 23.3 Å².